The van der Waals surface area contributed by atoms with Gasteiger partial charge in [0.25, 0.3) is 0 Å². The smallest absolute Gasteiger partial charge is 0.309 e. The van der Waals surface area contributed by atoms with Crippen LogP contribution in [0.4, 0.5) is 0 Å². The normalized spacial score (nSPS) is 57.8. The predicted molar refractivity (Wildman–Crippen MR) is 133 cm³/mol. The fourth-order valence-electron chi connectivity index (χ4n) is 11.6. The monoisotopic (exact) mass is 458 g/mol. The van der Waals surface area contributed by atoms with Crippen LogP contribution in [0.5, 0.6) is 0 Å². The van der Waals surface area contributed by atoms with Gasteiger partial charge < -0.3 is 10.2 Å². The highest BCUT2D eigenvalue weighted by Crippen LogP contribution is 2.78. The zero-order valence-corrected chi connectivity index (χ0v) is 22.5. The first-order valence-electron chi connectivity index (χ1n) is 14.0. The minimum absolute atomic E-state index is 0.188. The molecule has 0 aromatic rings. The van der Waals surface area contributed by atoms with Crippen LogP contribution >= 0.6 is 0 Å². The molecule has 5 aliphatic carbocycles. The molecule has 5 saturated carbocycles. The SMILES string of the molecule is CC1(C)CC[C@]2(C)CC[C@]3(C)C4CC[C@@]5(C)[C@@H](CC[C@H](O)[C@@H]5C(=O)O)[C@]4(C)CC[C@@]3(C)[C@@H]2C1. The molecule has 0 bridgehead atoms. The van der Waals surface area contributed by atoms with Gasteiger partial charge in [0.15, 0.2) is 0 Å². The molecule has 5 rings (SSSR count). The third-order valence-corrected chi connectivity index (χ3v) is 13.7. The average Bonchev–Trinajstić information content (AvgIpc) is 2.70. The van der Waals surface area contributed by atoms with Crippen molar-refractivity contribution < 1.29 is 15.0 Å². The highest BCUT2D eigenvalue weighted by Gasteiger charge is 2.71. The van der Waals surface area contributed by atoms with Crippen molar-refractivity contribution in [3.8, 4) is 0 Å². The van der Waals surface area contributed by atoms with E-state index < -0.39 is 18.0 Å². The van der Waals surface area contributed by atoms with E-state index in [-0.39, 0.29) is 10.8 Å². The van der Waals surface area contributed by atoms with Gasteiger partial charge in [0.05, 0.1) is 12.0 Å². The van der Waals surface area contributed by atoms with Crippen molar-refractivity contribution >= 4 is 5.97 Å². The van der Waals surface area contributed by atoms with E-state index in [2.05, 4.69) is 48.5 Å². The Balaban J connectivity index is 1.54. The summed E-state index contributed by atoms with van der Waals surface area (Å²) in [6, 6.07) is 0. The molecule has 1 unspecified atom stereocenters. The number of hydrogen-bond acceptors (Lipinski definition) is 2. The number of carboxylic acids is 1. The maximum atomic E-state index is 12.3. The summed E-state index contributed by atoms with van der Waals surface area (Å²) in [7, 11) is 0. The Morgan fingerprint density at radius 1 is 0.667 bits per heavy atom. The van der Waals surface area contributed by atoms with Crippen molar-refractivity contribution in [2.24, 2.45) is 56.2 Å². The number of aliphatic hydroxyl groups excluding tert-OH is 1. The number of fused-ring (bicyclic) bond motifs is 7. The van der Waals surface area contributed by atoms with Crippen molar-refractivity contribution in [2.45, 2.75) is 125 Å². The number of hydrogen-bond donors (Lipinski definition) is 2. The zero-order chi connectivity index (χ0) is 24.2. The minimum atomic E-state index is -0.776. The van der Waals surface area contributed by atoms with Crippen LogP contribution in [0.2, 0.25) is 0 Å². The van der Waals surface area contributed by atoms with E-state index in [4.69, 9.17) is 0 Å². The predicted octanol–water partition coefficient (Wildman–Crippen LogP) is 7.31. The lowest BCUT2D eigenvalue weighted by Crippen LogP contribution is -2.68. The lowest BCUT2D eigenvalue weighted by Gasteiger charge is -2.75. The second kappa shape index (κ2) is 7.01. The number of aliphatic hydroxyl groups is 1. The van der Waals surface area contributed by atoms with Crippen LogP contribution in [0.25, 0.3) is 0 Å². The third kappa shape index (κ3) is 2.99. The first-order valence-corrected chi connectivity index (χ1v) is 14.0. The van der Waals surface area contributed by atoms with Crippen molar-refractivity contribution in [2.75, 3.05) is 0 Å². The van der Waals surface area contributed by atoms with Crippen LogP contribution in [-0.2, 0) is 4.79 Å². The summed E-state index contributed by atoms with van der Waals surface area (Å²) in [5.41, 5.74) is 1.54. The molecule has 5 aliphatic rings. The Hall–Kier alpha value is -0.570. The summed E-state index contributed by atoms with van der Waals surface area (Å²) in [5.74, 6) is 0.488. The lowest BCUT2D eigenvalue weighted by molar-refractivity contribution is -0.263. The van der Waals surface area contributed by atoms with Crippen LogP contribution in [0.15, 0.2) is 0 Å². The molecule has 188 valence electrons. The van der Waals surface area contributed by atoms with E-state index in [1.807, 2.05) is 0 Å². The van der Waals surface area contributed by atoms with Crippen molar-refractivity contribution in [3.63, 3.8) is 0 Å². The summed E-state index contributed by atoms with van der Waals surface area (Å²) >= 11 is 0. The molecule has 5 fully saturated rings. The van der Waals surface area contributed by atoms with E-state index in [0.29, 0.717) is 39.9 Å². The van der Waals surface area contributed by atoms with E-state index in [9.17, 15) is 15.0 Å². The van der Waals surface area contributed by atoms with Gasteiger partial charge in [0.1, 0.15) is 0 Å². The topological polar surface area (TPSA) is 57.5 Å². The van der Waals surface area contributed by atoms with E-state index >= 15 is 0 Å². The molecular formula is C30H50O3. The Labute approximate surface area is 202 Å². The van der Waals surface area contributed by atoms with Gasteiger partial charge in [-0.3, -0.25) is 4.79 Å². The highest BCUT2D eigenvalue weighted by molar-refractivity contribution is 5.72. The number of aliphatic carboxylic acids is 1. The molecule has 33 heavy (non-hydrogen) atoms. The minimum Gasteiger partial charge on any atom is -0.481 e. The molecule has 0 spiro atoms. The maximum Gasteiger partial charge on any atom is 0.309 e. The lowest BCUT2D eigenvalue weighted by atomic mass is 9.30. The van der Waals surface area contributed by atoms with Gasteiger partial charge in [-0.2, -0.15) is 0 Å². The van der Waals surface area contributed by atoms with Crippen LogP contribution in [-0.4, -0.2) is 22.3 Å². The molecule has 0 heterocycles. The highest BCUT2D eigenvalue weighted by atomic mass is 16.4. The molecule has 0 aromatic heterocycles. The van der Waals surface area contributed by atoms with Gasteiger partial charge in [-0.25, -0.2) is 0 Å². The van der Waals surface area contributed by atoms with Gasteiger partial charge in [-0.15, -0.1) is 0 Å². The van der Waals surface area contributed by atoms with Gasteiger partial charge in [0.2, 0.25) is 0 Å². The molecule has 0 aliphatic heterocycles. The van der Waals surface area contributed by atoms with Gasteiger partial charge in [0, 0.05) is 0 Å². The summed E-state index contributed by atoms with van der Waals surface area (Å²) in [6.45, 7) is 17.7. The van der Waals surface area contributed by atoms with Crippen molar-refractivity contribution in [1.82, 2.24) is 0 Å². The zero-order valence-electron chi connectivity index (χ0n) is 22.5. The van der Waals surface area contributed by atoms with Crippen LogP contribution in [0.3, 0.4) is 0 Å². The van der Waals surface area contributed by atoms with E-state index in [1.54, 1.807) is 0 Å². The molecule has 0 aromatic carbocycles. The Morgan fingerprint density at radius 3 is 1.94 bits per heavy atom. The molecule has 10 atom stereocenters. The molecule has 2 N–H and O–H groups in total. The molecular weight excluding hydrogens is 408 g/mol. The second-order valence-electron chi connectivity index (χ2n) is 15.5. The fraction of sp³-hybridized carbons (Fsp3) is 0.967. The average molecular weight is 459 g/mol. The molecule has 0 amide bonds. The van der Waals surface area contributed by atoms with Crippen LogP contribution < -0.4 is 0 Å². The third-order valence-electron chi connectivity index (χ3n) is 13.7. The molecule has 3 nitrogen and oxygen atoms in total. The van der Waals surface area contributed by atoms with Crippen LogP contribution in [0.1, 0.15) is 119 Å². The van der Waals surface area contributed by atoms with E-state index in [1.165, 1.54) is 44.9 Å². The van der Waals surface area contributed by atoms with Gasteiger partial charge in [-0.1, -0.05) is 48.5 Å². The number of carbonyl (C=O) groups is 1. The molecule has 0 saturated heterocycles. The van der Waals surface area contributed by atoms with E-state index in [0.717, 1.165) is 25.2 Å². The first-order chi connectivity index (χ1) is 15.1. The van der Waals surface area contributed by atoms with Crippen molar-refractivity contribution in [1.29, 1.82) is 0 Å². The maximum absolute atomic E-state index is 12.3. The summed E-state index contributed by atoms with van der Waals surface area (Å²) < 4.78 is 0. The largest absolute Gasteiger partial charge is 0.481 e. The standard InChI is InChI=1S/C30H50O3/c1-25(2)12-13-26(3)14-16-29(6)21-10-11-28(5)20(9-8-19(31)23(28)24(32)33)27(21,4)15-17-30(29,7)22(26)18-25/h19-23,31H,8-18H2,1-7H3,(H,32,33)/t19-,20-,21?,22+,23+,26+,27-,28-,29+,30-/m0/s1. The van der Waals surface area contributed by atoms with Crippen LogP contribution in [0, 0.1) is 56.2 Å². The number of carboxylic acid groups (broad SMARTS) is 1. The summed E-state index contributed by atoms with van der Waals surface area (Å²) in [6.07, 6.45) is 12.4. The Morgan fingerprint density at radius 2 is 1.27 bits per heavy atom. The molecule has 3 heteroatoms. The summed E-state index contributed by atoms with van der Waals surface area (Å²) in [4.78, 5) is 12.3. The van der Waals surface area contributed by atoms with Gasteiger partial charge in [-0.05, 0) is 121 Å². The fourth-order valence-corrected chi connectivity index (χ4v) is 11.6. The molecule has 0 radical (unpaired) electrons. The second-order valence-corrected chi connectivity index (χ2v) is 15.5. The quantitative estimate of drug-likeness (QED) is 0.433. The number of rotatable bonds is 1. The first kappa shape index (κ1) is 24.1. The Bertz CT molecular complexity index is 834. The van der Waals surface area contributed by atoms with Gasteiger partial charge >= 0.3 is 5.97 Å². The summed E-state index contributed by atoms with van der Waals surface area (Å²) in [5, 5.41) is 20.8. The Kier molecular flexibility index (Phi) is 5.13. The van der Waals surface area contributed by atoms with Crippen molar-refractivity contribution in [3.05, 3.63) is 0 Å².